The number of benzene rings is 2. The van der Waals surface area contributed by atoms with Crippen LogP contribution < -0.4 is 10.2 Å². The molecule has 1 saturated heterocycles. The van der Waals surface area contributed by atoms with E-state index in [-0.39, 0.29) is 29.2 Å². The number of rotatable bonds is 7. The maximum atomic E-state index is 13.1. The molecule has 31 heavy (non-hydrogen) atoms. The summed E-state index contributed by atoms with van der Waals surface area (Å²) in [7, 11) is -3.12. The zero-order chi connectivity index (χ0) is 21.8. The highest BCUT2D eigenvalue weighted by Gasteiger charge is 2.35. The number of carbonyl (C=O) groups excluding carboxylic acids is 1. The first-order chi connectivity index (χ1) is 14.9. The van der Waals surface area contributed by atoms with Crippen LogP contribution >= 0.6 is 34.7 Å². The van der Waals surface area contributed by atoms with Crippen molar-refractivity contribution in [2.45, 2.75) is 16.8 Å². The fourth-order valence-corrected chi connectivity index (χ4v) is 6.85. The van der Waals surface area contributed by atoms with E-state index in [9.17, 15) is 13.2 Å². The number of amides is 1. The standard InChI is InChI=1S/C20H19ClN4O3S3/c21-14-5-4-6-15(11-14)22-19-23-24-20(30-19)29-12-18(26)25(16-7-2-1-3-8-16)17-9-10-31(27,28)13-17/h1-8,11,17H,9-10,12-13H2,(H,22,23). The third kappa shape index (κ3) is 5.76. The first-order valence-corrected chi connectivity index (χ1v) is 13.5. The van der Waals surface area contributed by atoms with E-state index < -0.39 is 9.84 Å². The second-order valence-electron chi connectivity index (χ2n) is 6.95. The van der Waals surface area contributed by atoms with Crippen LogP contribution in [0.3, 0.4) is 0 Å². The lowest BCUT2D eigenvalue weighted by molar-refractivity contribution is -0.116. The van der Waals surface area contributed by atoms with Gasteiger partial charge in [0.05, 0.1) is 23.3 Å². The van der Waals surface area contributed by atoms with Crippen molar-refractivity contribution in [1.82, 2.24) is 10.2 Å². The number of nitrogens with zero attached hydrogens (tertiary/aromatic N) is 3. The highest BCUT2D eigenvalue weighted by atomic mass is 35.5. The van der Waals surface area contributed by atoms with Gasteiger partial charge in [0.25, 0.3) is 0 Å². The van der Waals surface area contributed by atoms with Crippen LogP contribution in [0.1, 0.15) is 6.42 Å². The minimum absolute atomic E-state index is 0.00912. The van der Waals surface area contributed by atoms with Crippen LogP contribution in [-0.2, 0) is 14.6 Å². The van der Waals surface area contributed by atoms with Crippen LogP contribution in [0, 0.1) is 0 Å². The lowest BCUT2D eigenvalue weighted by Crippen LogP contribution is -2.42. The number of para-hydroxylation sites is 1. The van der Waals surface area contributed by atoms with Crippen LogP contribution in [0.4, 0.5) is 16.5 Å². The minimum atomic E-state index is -3.12. The molecule has 0 saturated carbocycles. The lowest BCUT2D eigenvalue weighted by Gasteiger charge is -2.28. The third-order valence-electron chi connectivity index (χ3n) is 4.68. The first kappa shape index (κ1) is 22.1. The number of carbonyl (C=O) groups is 1. The molecule has 162 valence electrons. The topological polar surface area (TPSA) is 92.3 Å². The Bertz CT molecular complexity index is 1170. The van der Waals surface area contributed by atoms with Gasteiger partial charge in [0, 0.05) is 16.4 Å². The van der Waals surface area contributed by atoms with E-state index in [1.807, 2.05) is 42.5 Å². The number of thioether (sulfide) groups is 1. The largest absolute Gasteiger partial charge is 0.330 e. The van der Waals surface area contributed by atoms with Crippen molar-refractivity contribution in [2.75, 3.05) is 27.5 Å². The molecule has 2 heterocycles. The fraction of sp³-hybridized carbons (Fsp3) is 0.250. The monoisotopic (exact) mass is 494 g/mol. The molecule has 2 aromatic carbocycles. The summed E-state index contributed by atoms with van der Waals surface area (Å²) in [6, 6.07) is 16.1. The van der Waals surface area contributed by atoms with Crippen molar-refractivity contribution in [3.05, 3.63) is 59.6 Å². The van der Waals surface area contributed by atoms with Crippen molar-refractivity contribution in [3.63, 3.8) is 0 Å². The van der Waals surface area contributed by atoms with Gasteiger partial charge in [0.1, 0.15) is 0 Å². The quantitative estimate of drug-likeness (QED) is 0.491. The molecule has 1 N–H and O–H groups in total. The van der Waals surface area contributed by atoms with Gasteiger partial charge in [0.2, 0.25) is 11.0 Å². The van der Waals surface area contributed by atoms with Crippen molar-refractivity contribution in [2.24, 2.45) is 0 Å². The molecule has 1 aliphatic heterocycles. The molecule has 11 heteroatoms. The Morgan fingerprint density at radius 2 is 2.00 bits per heavy atom. The Morgan fingerprint density at radius 1 is 1.19 bits per heavy atom. The number of halogens is 1. The van der Waals surface area contributed by atoms with Crippen LogP contribution in [0.5, 0.6) is 0 Å². The van der Waals surface area contributed by atoms with Gasteiger partial charge in [0.15, 0.2) is 14.2 Å². The van der Waals surface area contributed by atoms with Crippen LogP contribution in [0.15, 0.2) is 58.9 Å². The van der Waals surface area contributed by atoms with E-state index in [1.165, 1.54) is 23.1 Å². The molecule has 0 radical (unpaired) electrons. The molecule has 1 amide bonds. The summed E-state index contributed by atoms with van der Waals surface area (Å²) in [5.41, 5.74) is 1.50. The summed E-state index contributed by atoms with van der Waals surface area (Å²) < 4.78 is 24.6. The Hall–Kier alpha value is -2.14. The summed E-state index contributed by atoms with van der Waals surface area (Å²) >= 11 is 8.61. The van der Waals surface area contributed by atoms with Gasteiger partial charge in [-0.2, -0.15) is 0 Å². The summed E-state index contributed by atoms with van der Waals surface area (Å²) in [5, 5.41) is 12.6. The van der Waals surface area contributed by atoms with E-state index in [0.29, 0.717) is 26.6 Å². The SMILES string of the molecule is O=C(CSc1nnc(Nc2cccc(Cl)c2)s1)N(c1ccccc1)C1CCS(=O)(=O)C1. The zero-order valence-corrected chi connectivity index (χ0v) is 19.5. The van der Waals surface area contributed by atoms with Gasteiger partial charge in [-0.15, -0.1) is 10.2 Å². The van der Waals surface area contributed by atoms with Gasteiger partial charge >= 0.3 is 0 Å². The summed E-state index contributed by atoms with van der Waals surface area (Å²) in [4.78, 5) is 14.7. The summed E-state index contributed by atoms with van der Waals surface area (Å²) in [6.45, 7) is 0. The Morgan fingerprint density at radius 3 is 2.71 bits per heavy atom. The lowest BCUT2D eigenvalue weighted by atomic mass is 10.2. The minimum Gasteiger partial charge on any atom is -0.330 e. The van der Waals surface area contributed by atoms with Crippen molar-refractivity contribution >= 4 is 67.0 Å². The fourth-order valence-electron chi connectivity index (χ4n) is 3.33. The van der Waals surface area contributed by atoms with Crippen molar-refractivity contribution in [1.29, 1.82) is 0 Å². The van der Waals surface area contributed by atoms with Crippen molar-refractivity contribution < 1.29 is 13.2 Å². The van der Waals surface area contributed by atoms with Gasteiger partial charge in [-0.3, -0.25) is 4.79 Å². The van der Waals surface area contributed by atoms with Gasteiger partial charge in [-0.1, -0.05) is 59.0 Å². The van der Waals surface area contributed by atoms with E-state index >= 15 is 0 Å². The normalized spacial score (nSPS) is 17.4. The molecule has 1 aromatic heterocycles. The predicted molar refractivity (Wildman–Crippen MR) is 126 cm³/mol. The van der Waals surface area contributed by atoms with Crippen LogP contribution in [0.2, 0.25) is 5.02 Å². The Labute approximate surface area is 193 Å². The summed E-state index contributed by atoms with van der Waals surface area (Å²) in [6.07, 6.45) is 0.445. The number of anilines is 3. The van der Waals surface area contributed by atoms with E-state index in [1.54, 1.807) is 17.0 Å². The smallest absolute Gasteiger partial charge is 0.237 e. The number of nitrogens with one attached hydrogen (secondary N) is 1. The molecular formula is C20H19ClN4O3S3. The number of hydrogen-bond donors (Lipinski definition) is 1. The molecule has 1 aliphatic rings. The second kappa shape index (κ2) is 9.56. The average molecular weight is 495 g/mol. The number of hydrogen-bond acceptors (Lipinski definition) is 8. The average Bonchev–Trinajstić information content (AvgIpc) is 3.33. The predicted octanol–water partition coefficient (Wildman–Crippen LogP) is 4.25. The molecule has 1 fully saturated rings. The summed E-state index contributed by atoms with van der Waals surface area (Å²) in [5.74, 6) is 0.0798. The molecule has 3 aromatic rings. The second-order valence-corrected chi connectivity index (χ2v) is 11.8. The van der Waals surface area contributed by atoms with Crippen LogP contribution in [-0.4, -0.2) is 47.8 Å². The molecule has 1 atom stereocenters. The highest BCUT2D eigenvalue weighted by molar-refractivity contribution is 8.01. The van der Waals surface area contributed by atoms with Crippen molar-refractivity contribution in [3.8, 4) is 0 Å². The molecule has 0 spiro atoms. The van der Waals surface area contributed by atoms with E-state index in [2.05, 4.69) is 15.5 Å². The van der Waals surface area contributed by atoms with Crippen LogP contribution in [0.25, 0.3) is 0 Å². The molecule has 7 nitrogen and oxygen atoms in total. The number of sulfone groups is 1. The van der Waals surface area contributed by atoms with Gasteiger partial charge in [-0.05, 0) is 36.8 Å². The molecule has 0 aliphatic carbocycles. The maximum Gasteiger partial charge on any atom is 0.237 e. The highest BCUT2D eigenvalue weighted by Crippen LogP contribution is 2.30. The first-order valence-electron chi connectivity index (χ1n) is 9.46. The van der Waals surface area contributed by atoms with Gasteiger partial charge in [-0.25, -0.2) is 8.42 Å². The Kier molecular flexibility index (Phi) is 6.80. The van der Waals surface area contributed by atoms with E-state index in [0.717, 1.165) is 5.69 Å². The van der Waals surface area contributed by atoms with E-state index in [4.69, 9.17) is 11.6 Å². The zero-order valence-electron chi connectivity index (χ0n) is 16.3. The molecule has 1 unspecified atom stereocenters. The third-order valence-corrected chi connectivity index (χ3v) is 8.62. The molecular weight excluding hydrogens is 476 g/mol. The molecule has 0 bridgehead atoms. The number of aromatic nitrogens is 2. The molecule has 4 rings (SSSR count). The maximum absolute atomic E-state index is 13.1. The Balaban J connectivity index is 1.43. The van der Waals surface area contributed by atoms with Gasteiger partial charge < -0.3 is 10.2 Å².